The summed E-state index contributed by atoms with van der Waals surface area (Å²) in [5, 5.41) is 7.73. The highest BCUT2D eigenvalue weighted by Crippen LogP contribution is 2.30. The van der Waals surface area contributed by atoms with Crippen molar-refractivity contribution in [3.05, 3.63) is 84.3 Å². The Kier molecular flexibility index (Phi) is 5.73. The Hall–Kier alpha value is -4.39. The topological polar surface area (TPSA) is 79.2 Å². The van der Waals surface area contributed by atoms with Gasteiger partial charge in [0.25, 0.3) is 0 Å². The zero-order chi connectivity index (χ0) is 24.5. The van der Waals surface area contributed by atoms with E-state index in [1.807, 2.05) is 16.7 Å². The molecule has 6 rings (SSSR count). The molecule has 1 aliphatic heterocycles. The zero-order valence-corrected chi connectivity index (χ0v) is 20.5. The number of pyridine rings is 1. The van der Waals surface area contributed by atoms with Crippen LogP contribution in [0.4, 0.5) is 0 Å². The molecule has 180 valence electrons. The summed E-state index contributed by atoms with van der Waals surface area (Å²) in [6, 6.07) is 21.0. The number of furan rings is 1. The van der Waals surface area contributed by atoms with E-state index in [0.29, 0.717) is 0 Å². The van der Waals surface area contributed by atoms with Crippen LogP contribution in [0.25, 0.3) is 39.1 Å². The van der Waals surface area contributed by atoms with Gasteiger partial charge in [-0.05, 0) is 48.7 Å². The number of rotatable bonds is 5. The van der Waals surface area contributed by atoms with Crippen molar-refractivity contribution >= 4 is 28.3 Å². The molecule has 3 aromatic heterocycles. The van der Waals surface area contributed by atoms with Crippen LogP contribution < -0.4 is 10.6 Å². The summed E-state index contributed by atoms with van der Waals surface area (Å²) in [4.78, 5) is 13.6. The van der Waals surface area contributed by atoms with Crippen LogP contribution in [-0.4, -0.2) is 47.7 Å². The maximum atomic E-state index is 6.23. The normalized spacial score (nSPS) is 14.2. The Morgan fingerprint density at radius 1 is 1.00 bits per heavy atom. The molecular formula is C29H28N6O. The molecule has 4 heterocycles. The van der Waals surface area contributed by atoms with E-state index in [9.17, 15) is 0 Å². The number of aliphatic imine (C=N–C) groups is 2. The summed E-state index contributed by atoms with van der Waals surface area (Å²) in [5.41, 5.74) is 6.96. The summed E-state index contributed by atoms with van der Waals surface area (Å²) in [7, 11) is 1.78. The van der Waals surface area contributed by atoms with Crippen LogP contribution in [0, 0.1) is 0 Å². The molecule has 2 aromatic carbocycles. The Morgan fingerprint density at radius 2 is 1.81 bits per heavy atom. The summed E-state index contributed by atoms with van der Waals surface area (Å²) in [5.74, 6) is 2.61. The average molecular weight is 477 g/mol. The van der Waals surface area contributed by atoms with Crippen LogP contribution in [-0.2, 0) is 0 Å². The number of hydrogen-bond acceptors (Lipinski definition) is 5. The molecule has 0 atom stereocenters. The van der Waals surface area contributed by atoms with Gasteiger partial charge < -0.3 is 19.5 Å². The number of aromatic nitrogens is 2. The summed E-state index contributed by atoms with van der Waals surface area (Å²) in [6.45, 7) is 4.69. The van der Waals surface area contributed by atoms with E-state index in [1.165, 1.54) is 0 Å². The second kappa shape index (κ2) is 9.34. The standard InChI is InChI=1S/C29H28N6O/c1-3-31-29(30-2)24-18-35-17-23(11-12-27(35)34-24)19-5-7-20(8-6-19)25-15-21-9-10-22(16-26(21)36-25)28-32-13-4-14-33-28/h5-12,15-18H,3-4,13-14H2,1-2H3,(H,30,31)(H,32,33). The molecule has 0 amide bonds. The molecule has 7 heteroatoms. The lowest BCUT2D eigenvalue weighted by Gasteiger charge is -2.14. The van der Waals surface area contributed by atoms with Gasteiger partial charge in [0, 0.05) is 55.6 Å². The van der Waals surface area contributed by atoms with Crippen molar-refractivity contribution in [1.29, 1.82) is 0 Å². The third kappa shape index (κ3) is 4.13. The fourth-order valence-corrected chi connectivity index (χ4v) is 4.60. The second-order valence-electron chi connectivity index (χ2n) is 8.86. The van der Waals surface area contributed by atoms with Gasteiger partial charge in [-0.15, -0.1) is 0 Å². The van der Waals surface area contributed by atoms with Gasteiger partial charge in [-0.2, -0.15) is 0 Å². The smallest absolute Gasteiger partial charge is 0.148 e. The van der Waals surface area contributed by atoms with Crippen molar-refractivity contribution in [2.75, 3.05) is 26.7 Å². The predicted molar refractivity (Wildman–Crippen MR) is 146 cm³/mol. The van der Waals surface area contributed by atoms with Gasteiger partial charge in [-0.1, -0.05) is 36.4 Å². The Morgan fingerprint density at radius 3 is 2.58 bits per heavy atom. The summed E-state index contributed by atoms with van der Waals surface area (Å²) >= 11 is 0. The van der Waals surface area contributed by atoms with Crippen molar-refractivity contribution < 1.29 is 4.42 Å². The first-order chi connectivity index (χ1) is 17.7. The number of nitrogens with zero attached hydrogens (tertiary/aromatic N) is 4. The van der Waals surface area contributed by atoms with Crippen molar-refractivity contribution in [3.8, 4) is 22.5 Å². The number of amidine groups is 2. The third-order valence-corrected chi connectivity index (χ3v) is 6.46. The maximum absolute atomic E-state index is 6.23. The Bertz CT molecular complexity index is 1610. The number of benzene rings is 2. The van der Waals surface area contributed by atoms with Crippen molar-refractivity contribution in [2.45, 2.75) is 13.3 Å². The number of fused-ring (bicyclic) bond motifs is 2. The lowest BCUT2D eigenvalue weighted by atomic mass is 10.0. The number of nitrogens with one attached hydrogen (secondary N) is 2. The van der Waals surface area contributed by atoms with Crippen LogP contribution >= 0.6 is 0 Å². The number of hydrogen-bond donors (Lipinski definition) is 2. The first-order valence-electron chi connectivity index (χ1n) is 12.3. The molecule has 36 heavy (non-hydrogen) atoms. The van der Waals surface area contributed by atoms with Gasteiger partial charge in [0.05, 0.1) is 0 Å². The highest BCUT2D eigenvalue weighted by molar-refractivity contribution is 6.02. The van der Waals surface area contributed by atoms with Gasteiger partial charge in [-0.3, -0.25) is 9.98 Å². The van der Waals surface area contributed by atoms with Crippen LogP contribution in [0.15, 0.2) is 87.5 Å². The second-order valence-corrected chi connectivity index (χ2v) is 8.86. The molecule has 0 radical (unpaired) electrons. The van der Waals surface area contributed by atoms with Gasteiger partial charge in [0.1, 0.15) is 34.4 Å². The van der Waals surface area contributed by atoms with E-state index in [1.54, 1.807) is 7.05 Å². The molecule has 0 bridgehead atoms. The van der Waals surface area contributed by atoms with Crippen LogP contribution in [0.5, 0.6) is 0 Å². The molecule has 0 fully saturated rings. The minimum absolute atomic E-state index is 0.799. The van der Waals surface area contributed by atoms with Crippen molar-refractivity contribution in [1.82, 2.24) is 20.0 Å². The molecule has 0 spiro atoms. The summed E-state index contributed by atoms with van der Waals surface area (Å²) in [6.07, 6.45) is 5.19. The quantitative estimate of drug-likeness (QED) is 0.272. The van der Waals surface area contributed by atoms with Crippen molar-refractivity contribution in [3.63, 3.8) is 0 Å². The minimum atomic E-state index is 0.799. The first-order valence-corrected chi connectivity index (χ1v) is 12.3. The molecule has 0 saturated heterocycles. The van der Waals surface area contributed by atoms with E-state index >= 15 is 0 Å². The van der Waals surface area contributed by atoms with Crippen LogP contribution in [0.1, 0.15) is 24.6 Å². The lowest BCUT2D eigenvalue weighted by Crippen LogP contribution is -2.30. The van der Waals surface area contributed by atoms with E-state index in [-0.39, 0.29) is 0 Å². The van der Waals surface area contributed by atoms with E-state index in [0.717, 1.165) is 88.1 Å². The Labute approximate surface area is 209 Å². The van der Waals surface area contributed by atoms with E-state index in [4.69, 9.17) is 9.40 Å². The predicted octanol–water partition coefficient (Wildman–Crippen LogP) is 5.14. The van der Waals surface area contributed by atoms with Crippen LogP contribution in [0.2, 0.25) is 0 Å². The molecule has 2 N–H and O–H groups in total. The van der Waals surface area contributed by atoms with Gasteiger partial charge in [-0.25, -0.2) is 4.98 Å². The number of imidazole rings is 1. The summed E-state index contributed by atoms with van der Waals surface area (Å²) < 4.78 is 8.28. The highest BCUT2D eigenvalue weighted by atomic mass is 16.3. The van der Waals surface area contributed by atoms with Crippen LogP contribution in [0.3, 0.4) is 0 Å². The maximum Gasteiger partial charge on any atom is 0.148 e. The fourth-order valence-electron chi connectivity index (χ4n) is 4.60. The lowest BCUT2D eigenvalue weighted by molar-refractivity contribution is 0.631. The Balaban J connectivity index is 1.27. The molecule has 0 unspecified atom stereocenters. The molecule has 1 aliphatic rings. The van der Waals surface area contributed by atoms with Gasteiger partial charge >= 0.3 is 0 Å². The zero-order valence-electron chi connectivity index (χ0n) is 20.5. The molecular weight excluding hydrogens is 448 g/mol. The van der Waals surface area contributed by atoms with Crippen molar-refractivity contribution in [2.24, 2.45) is 9.98 Å². The van der Waals surface area contributed by atoms with E-state index in [2.05, 4.69) is 88.3 Å². The first kappa shape index (κ1) is 22.1. The molecule has 0 saturated carbocycles. The molecule has 5 aromatic rings. The highest BCUT2D eigenvalue weighted by Gasteiger charge is 2.12. The largest absolute Gasteiger partial charge is 0.456 e. The van der Waals surface area contributed by atoms with E-state index < -0.39 is 0 Å². The minimum Gasteiger partial charge on any atom is -0.456 e. The van der Waals surface area contributed by atoms with Gasteiger partial charge in [0.15, 0.2) is 0 Å². The fraction of sp³-hybridized carbons (Fsp3) is 0.207. The third-order valence-electron chi connectivity index (χ3n) is 6.46. The molecule has 0 aliphatic carbocycles. The SMILES string of the molecule is CCNC(=NC)c1cn2cc(-c3ccc(-c4cc5ccc(C6=NCCCN6)cc5o4)cc3)ccc2n1. The van der Waals surface area contributed by atoms with Gasteiger partial charge in [0.2, 0.25) is 0 Å². The average Bonchev–Trinajstić information content (AvgIpc) is 3.55. The molecule has 7 nitrogen and oxygen atoms in total. The monoisotopic (exact) mass is 476 g/mol.